The van der Waals surface area contributed by atoms with Crippen molar-refractivity contribution in [1.29, 1.82) is 0 Å². The number of halogens is 1. The molecule has 0 amide bonds. The van der Waals surface area contributed by atoms with Crippen LogP contribution in [0.1, 0.15) is 34.8 Å². The normalized spacial score (nSPS) is 16.0. The van der Waals surface area contributed by atoms with Crippen LogP contribution in [0.25, 0.3) is 11.3 Å². The van der Waals surface area contributed by atoms with Crippen molar-refractivity contribution in [2.24, 2.45) is 0 Å². The lowest BCUT2D eigenvalue weighted by Gasteiger charge is -2.23. The zero-order valence-corrected chi connectivity index (χ0v) is 12.1. The van der Waals surface area contributed by atoms with Crippen molar-refractivity contribution in [2.75, 3.05) is 13.2 Å². The number of ether oxygens (including phenoxy) is 1. The highest BCUT2D eigenvalue weighted by Crippen LogP contribution is 2.34. The molecular weight excluding hydrogens is 292 g/mol. The van der Waals surface area contributed by atoms with Gasteiger partial charge in [-0.1, -0.05) is 23.7 Å². The number of hydrogen-bond donors (Lipinski definition) is 2. The van der Waals surface area contributed by atoms with Gasteiger partial charge in [-0.05, 0) is 36.5 Å². The molecule has 2 N–H and O–H groups in total. The predicted molar refractivity (Wildman–Crippen MR) is 78.8 cm³/mol. The Kier molecular flexibility index (Phi) is 3.94. The first-order valence-electron chi connectivity index (χ1n) is 6.81. The fraction of sp³-hybridized carbons (Fsp3) is 0.333. The number of carbonyl (C=O) groups is 1. The lowest BCUT2D eigenvalue weighted by molar-refractivity contribution is 0.0690. The summed E-state index contributed by atoms with van der Waals surface area (Å²) in [6.45, 7) is 1.54. The summed E-state index contributed by atoms with van der Waals surface area (Å²) >= 11 is 6.39. The van der Waals surface area contributed by atoms with E-state index in [-0.39, 0.29) is 5.69 Å². The molecular formula is C15H15ClN2O3. The van der Waals surface area contributed by atoms with Crippen molar-refractivity contribution in [3.8, 4) is 11.3 Å². The molecule has 1 aliphatic heterocycles. The number of H-pyrrole nitrogens is 1. The minimum atomic E-state index is -1.03. The summed E-state index contributed by atoms with van der Waals surface area (Å²) in [5.41, 5.74) is 2.57. The van der Waals surface area contributed by atoms with E-state index in [0.717, 1.165) is 37.2 Å². The van der Waals surface area contributed by atoms with E-state index in [2.05, 4.69) is 10.2 Å². The molecule has 3 rings (SSSR count). The Morgan fingerprint density at radius 1 is 1.33 bits per heavy atom. The van der Waals surface area contributed by atoms with Crippen LogP contribution in [-0.2, 0) is 4.74 Å². The van der Waals surface area contributed by atoms with Gasteiger partial charge in [0, 0.05) is 23.8 Å². The SMILES string of the molecule is O=C(O)c1cc(-c2ccc(C3CCOCC3)c(Cl)c2)n[nH]1. The Labute approximate surface area is 126 Å². The average molecular weight is 307 g/mol. The van der Waals surface area contributed by atoms with Crippen LogP contribution in [0.3, 0.4) is 0 Å². The van der Waals surface area contributed by atoms with Gasteiger partial charge in [0.25, 0.3) is 0 Å². The molecule has 0 aliphatic carbocycles. The fourth-order valence-electron chi connectivity index (χ4n) is 2.61. The largest absolute Gasteiger partial charge is 0.477 e. The number of carboxylic acid groups (broad SMARTS) is 1. The van der Waals surface area contributed by atoms with Crippen LogP contribution in [0.2, 0.25) is 5.02 Å². The van der Waals surface area contributed by atoms with Gasteiger partial charge in [0.15, 0.2) is 0 Å². The molecule has 5 nitrogen and oxygen atoms in total. The number of benzene rings is 1. The number of aromatic amines is 1. The number of nitrogens with one attached hydrogen (secondary N) is 1. The summed E-state index contributed by atoms with van der Waals surface area (Å²) in [6, 6.07) is 7.28. The summed E-state index contributed by atoms with van der Waals surface area (Å²) in [5, 5.41) is 16.1. The molecule has 1 aliphatic rings. The number of aromatic carboxylic acids is 1. The van der Waals surface area contributed by atoms with E-state index in [1.807, 2.05) is 18.2 Å². The highest BCUT2D eigenvalue weighted by Gasteiger charge is 2.19. The molecule has 21 heavy (non-hydrogen) atoms. The molecule has 0 saturated carbocycles. The third kappa shape index (κ3) is 2.94. The molecule has 110 valence electrons. The van der Waals surface area contributed by atoms with Gasteiger partial charge in [-0.2, -0.15) is 5.10 Å². The number of rotatable bonds is 3. The van der Waals surface area contributed by atoms with Crippen LogP contribution in [0.4, 0.5) is 0 Å². The van der Waals surface area contributed by atoms with E-state index in [9.17, 15) is 4.79 Å². The predicted octanol–water partition coefficient (Wildman–Crippen LogP) is 3.32. The Morgan fingerprint density at radius 2 is 2.10 bits per heavy atom. The standard InChI is InChI=1S/C15H15ClN2O3/c16-12-7-10(13-8-14(15(19)20)18-17-13)1-2-11(12)9-3-5-21-6-4-9/h1-2,7-9H,3-6H2,(H,17,18)(H,19,20). The minimum absolute atomic E-state index is 0.0645. The van der Waals surface area contributed by atoms with E-state index >= 15 is 0 Å². The monoisotopic (exact) mass is 306 g/mol. The molecule has 6 heteroatoms. The van der Waals surface area contributed by atoms with Gasteiger partial charge in [-0.3, -0.25) is 5.10 Å². The first kappa shape index (κ1) is 14.1. The van der Waals surface area contributed by atoms with E-state index in [1.54, 1.807) is 0 Å². The summed E-state index contributed by atoms with van der Waals surface area (Å²) in [7, 11) is 0. The van der Waals surface area contributed by atoms with Crippen LogP contribution in [0, 0.1) is 0 Å². The van der Waals surface area contributed by atoms with E-state index < -0.39 is 5.97 Å². The molecule has 0 unspecified atom stereocenters. The van der Waals surface area contributed by atoms with Gasteiger partial charge in [0.1, 0.15) is 5.69 Å². The van der Waals surface area contributed by atoms with Crippen molar-refractivity contribution in [3.63, 3.8) is 0 Å². The molecule has 2 aromatic rings. The lowest BCUT2D eigenvalue weighted by Crippen LogP contribution is -2.14. The number of nitrogens with zero attached hydrogens (tertiary/aromatic N) is 1. The van der Waals surface area contributed by atoms with Crippen molar-refractivity contribution in [2.45, 2.75) is 18.8 Å². The second-order valence-corrected chi connectivity index (χ2v) is 5.50. The lowest BCUT2D eigenvalue weighted by atomic mass is 9.91. The number of aromatic nitrogens is 2. The Hall–Kier alpha value is -1.85. The first-order valence-corrected chi connectivity index (χ1v) is 7.19. The van der Waals surface area contributed by atoms with E-state index in [0.29, 0.717) is 16.6 Å². The summed E-state index contributed by atoms with van der Waals surface area (Å²) in [6.07, 6.45) is 1.95. The van der Waals surface area contributed by atoms with Crippen molar-refractivity contribution in [1.82, 2.24) is 10.2 Å². The minimum Gasteiger partial charge on any atom is -0.477 e. The average Bonchev–Trinajstić information content (AvgIpc) is 2.98. The highest BCUT2D eigenvalue weighted by atomic mass is 35.5. The van der Waals surface area contributed by atoms with Gasteiger partial charge in [-0.25, -0.2) is 4.79 Å². The van der Waals surface area contributed by atoms with Crippen molar-refractivity contribution in [3.05, 3.63) is 40.5 Å². The van der Waals surface area contributed by atoms with Gasteiger partial charge >= 0.3 is 5.97 Å². The molecule has 0 atom stereocenters. The topological polar surface area (TPSA) is 75.2 Å². The maximum absolute atomic E-state index is 10.9. The molecule has 1 aromatic carbocycles. The molecule has 0 radical (unpaired) electrons. The molecule has 1 saturated heterocycles. The zero-order valence-electron chi connectivity index (χ0n) is 11.3. The third-order valence-corrected chi connectivity index (χ3v) is 4.09. The van der Waals surface area contributed by atoms with E-state index in [4.69, 9.17) is 21.4 Å². The fourth-order valence-corrected chi connectivity index (χ4v) is 2.94. The molecule has 2 heterocycles. The zero-order chi connectivity index (χ0) is 14.8. The van der Waals surface area contributed by atoms with Crippen LogP contribution >= 0.6 is 11.6 Å². The molecule has 0 spiro atoms. The van der Waals surface area contributed by atoms with Crippen LogP contribution in [0.15, 0.2) is 24.3 Å². The summed E-state index contributed by atoms with van der Waals surface area (Å²) < 4.78 is 5.37. The van der Waals surface area contributed by atoms with Crippen LogP contribution in [-0.4, -0.2) is 34.5 Å². The molecule has 0 bridgehead atoms. The molecule has 1 aromatic heterocycles. The van der Waals surface area contributed by atoms with E-state index in [1.165, 1.54) is 6.07 Å². The Bertz CT molecular complexity index is 663. The van der Waals surface area contributed by atoms with Crippen molar-refractivity contribution >= 4 is 17.6 Å². The van der Waals surface area contributed by atoms with Gasteiger partial charge in [-0.15, -0.1) is 0 Å². The quantitative estimate of drug-likeness (QED) is 0.912. The first-order chi connectivity index (χ1) is 10.1. The van der Waals surface area contributed by atoms with Gasteiger partial charge in [0.2, 0.25) is 0 Å². The van der Waals surface area contributed by atoms with Gasteiger partial charge < -0.3 is 9.84 Å². The van der Waals surface area contributed by atoms with Crippen molar-refractivity contribution < 1.29 is 14.6 Å². The summed E-state index contributed by atoms with van der Waals surface area (Å²) in [5.74, 6) is -0.604. The van der Waals surface area contributed by atoms with Gasteiger partial charge in [0.05, 0.1) is 5.69 Å². The third-order valence-electron chi connectivity index (χ3n) is 3.77. The van der Waals surface area contributed by atoms with Crippen LogP contribution < -0.4 is 0 Å². The number of carboxylic acids is 1. The van der Waals surface area contributed by atoms with Crippen LogP contribution in [0.5, 0.6) is 0 Å². The maximum atomic E-state index is 10.9. The smallest absolute Gasteiger partial charge is 0.353 e. The Morgan fingerprint density at radius 3 is 2.71 bits per heavy atom. The number of hydrogen-bond acceptors (Lipinski definition) is 3. The molecule has 1 fully saturated rings. The second-order valence-electron chi connectivity index (χ2n) is 5.09. The maximum Gasteiger partial charge on any atom is 0.353 e. The summed E-state index contributed by atoms with van der Waals surface area (Å²) in [4.78, 5) is 10.9. The highest BCUT2D eigenvalue weighted by molar-refractivity contribution is 6.31. The Balaban J connectivity index is 1.87. The second kappa shape index (κ2) is 5.87.